The standard InChI is InChI=1S/C16H21N5/c1-2-4-14(5-3-1)21-16-10-15(19-12-20-16)18-11-13-6-8-17-9-7-13/h6-10,12,14H,1-5,11H2,(H2,18,19,20,21). The van der Waals surface area contributed by atoms with Crippen LogP contribution in [0.1, 0.15) is 37.7 Å². The number of nitrogens with one attached hydrogen (secondary N) is 2. The number of hydrogen-bond donors (Lipinski definition) is 2. The van der Waals surface area contributed by atoms with Crippen LogP contribution in [0, 0.1) is 0 Å². The quantitative estimate of drug-likeness (QED) is 0.882. The Morgan fingerprint density at radius 2 is 1.76 bits per heavy atom. The van der Waals surface area contributed by atoms with Crippen LogP contribution < -0.4 is 10.6 Å². The Morgan fingerprint density at radius 3 is 2.57 bits per heavy atom. The average Bonchev–Trinajstić information content (AvgIpc) is 2.55. The summed E-state index contributed by atoms with van der Waals surface area (Å²) in [6.45, 7) is 0.738. The molecule has 0 aliphatic heterocycles. The second-order valence-electron chi connectivity index (χ2n) is 5.48. The van der Waals surface area contributed by atoms with E-state index in [4.69, 9.17) is 0 Å². The molecule has 1 aliphatic carbocycles. The summed E-state index contributed by atoms with van der Waals surface area (Å²) in [4.78, 5) is 12.6. The summed E-state index contributed by atoms with van der Waals surface area (Å²) >= 11 is 0. The van der Waals surface area contributed by atoms with E-state index in [9.17, 15) is 0 Å². The molecule has 0 bridgehead atoms. The number of hydrogen-bond acceptors (Lipinski definition) is 5. The van der Waals surface area contributed by atoms with Crippen molar-refractivity contribution in [1.82, 2.24) is 15.0 Å². The molecule has 0 radical (unpaired) electrons. The van der Waals surface area contributed by atoms with E-state index in [2.05, 4.69) is 25.6 Å². The Labute approximate surface area is 125 Å². The zero-order valence-electron chi connectivity index (χ0n) is 12.1. The number of pyridine rings is 1. The highest BCUT2D eigenvalue weighted by Crippen LogP contribution is 2.21. The number of rotatable bonds is 5. The van der Waals surface area contributed by atoms with Crippen LogP contribution in [0.5, 0.6) is 0 Å². The maximum absolute atomic E-state index is 4.32. The van der Waals surface area contributed by atoms with Crippen LogP contribution >= 0.6 is 0 Å². The highest BCUT2D eigenvalue weighted by Gasteiger charge is 2.13. The first-order valence-electron chi connectivity index (χ1n) is 7.61. The van der Waals surface area contributed by atoms with Gasteiger partial charge in [0, 0.05) is 31.0 Å². The molecule has 21 heavy (non-hydrogen) atoms. The first kappa shape index (κ1) is 13.8. The van der Waals surface area contributed by atoms with Gasteiger partial charge in [-0.2, -0.15) is 0 Å². The topological polar surface area (TPSA) is 62.7 Å². The normalized spacial score (nSPS) is 15.6. The summed E-state index contributed by atoms with van der Waals surface area (Å²) in [6.07, 6.45) is 11.7. The third-order valence-corrected chi connectivity index (χ3v) is 3.85. The summed E-state index contributed by atoms with van der Waals surface area (Å²) < 4.78 is 0. The number of anilines is 2. The minimum Gasteiger partial charge on any atom is -0.367 e. The van der Waals surface area contributed by atoms with Gasteiger partial charge in [-0.25, -0.2) is 9.97 Å². The van der Waals surface area contributed by atoms with Crippen LogP contribution in [0.2, 0.25) is 0 Å². The highest BCUT2D eigenvalue weighted by atomic mass is 15.1. The second kappa shape index (κ2) is 7.02. The van der Waals surface area contributed by atoms with E-state index in [0.29, 0.717) is 6.04 Å². The molecule has 0 saturated heterocycles. The molecule has 0 aromatic carbocycles. The SMILES string of the molecule is c1cc(CNc2cc(NC3CCCCC3)ncn2)ccn1. The van der Waals surface area contributed by atoms with Crippen LogP contribution in [-0.4, -0.2) is 21.0 Å². The molecule has 5 heteroatoms. The molecule has 1 saturated carbocycles. The lowest BCUT2D eigenvalue weighted by Gasteiger charge is -2.23. The molecule has 2 heterocycles. The molecule has 1 aliphatic rings. The number of aromatic nitrogens is 3. The molecule has 5 nitrogen and oxygen atoms in total. The van der Waals surface area contributed by atoms with Crippen LogP contribution in [0.3, 0.4) is 0 Å². The first-order valence-corrected chi connectivity index (χ1v) is 7.61. The fourth-order valence-corrected chi connectivity index (χ4v) is 2.68. The fourth-order valence-electron chi connectivity index (χ4n) is 2.68. The van der Waals surface area contributed by atoms with Gasteiger partial charge in [0.15, 0.2) is 0 Å². The van der Waals surface area contributed by atoms with E-state index in [1.54, 1.807) is 18.7 Å². The van der Waals surface area contributed by atoms with Gasteiger partial charge in [0.25, 0.3) is 0 Å². The Bertz CT molecular complexity index is 552. The minimum absolute atomic E-state index is 0.557. The van der Waals surface area contributed by atoms with Gasteiger partial charge in [-0.1, -0.05) is 19.3 Å². The van der Waals surface area contributed by atoms with Crippen LogP contribution in [0.15, 0.2) is 36.9 Å². The van der Waals surface area contributed by atoms with Crippen molar-refractivity contribution in [3.63, 3.8) is 0 Å². The lowest BCUT2D eigenvalue weighted by molar-refractivity contribution is 0.462. The summed E-state index contributed by atoms with van der Waals surface area (Å²) in [5, 5.41) is 6.84. The maximum Gasteiger partial charge on any atom is 0.131 e. The predicted molar refractivity (Wildman–Crippen MR) is 84.1 cm³/mol. The van der Waals surface area contributed by atoms with E-state index >= 15 is 0 Å². The van der Waals surface area contributed by atoms with Crippen molar-refractivity contribution in [2.24, 2.45) is 0 Å². The molecule has 1 fully saturated rings. The molecular weight excluding hydrogens is 262 g/mol. The fraction of sp³-hybridized carbons (Fsp3) is 0.438. The van der Waals surface area contributed by atoms with Gasteiger partial charge in [-0.3, -0.25) is 4.98 Å². The Kier molecular flexibility index (Phi) is 4.61. The Balaban J connectivity index is 1.57. The number of nitrogens with zero attached hydrogens (tertiary/aromatic N) is 3. The lowest BCUT2D eigenvalue weighted by atomic mass is 9.95. The van der Waals surface area contributed by atoms with Crippen molar-refractivity contribution in [1.29, 1.82) is 0 Å². The highest BCUT2D eigenvalue weighted by molar-refractivity contribution is 5.47. The van der Waals surface area contributed by atoms with E-state index in [1.807, 2.05) is 18.2 Å². The molecule has 2 aromatic heterocycles. The molecule has 3 rings (SSSR count). The second-order valence-corrected chi connectivity index (χ2v) is 5.48. The summed E-state index contributed by atoms with van der Waals surface area (Å²) in [5.74, 6) is 1.76. The van der Waals surface area contributed by atoms with Gasteiger partial charge in [0.2, 0.25) is 0 Å². The largest absolute Gasteiger partial charge is 0.367 e. The maximum atomic E-state index is 4.32. The van der Waals surface area contributed by atoms with E-state index < -0.39 is 0 Å². The lowest BCUT2D eigenvalue weighted by Crippen LogP contribution is -2.22. The van der Waals surface area contributed by atoms with Gasteiger partial charge in [0.05, 0.1) is 0 Å². The smallest absolute Gasteiger partial charge is 0.131 e. The summed E-state index contributed by atoms with van der Waals surface area (Å²) in [6, 6.07) is 6.53. The molecule has 0 unspecified atom stereocenters. The monoisotopic (exact) mass is 283 g/mol. The van der Waals surface area contributed by atoms with Crippen LogP contribution in [-0.2, 0) is 6.54 Å². The molecule has 2 N–H and O–H groups in total. The van der Waals surface area contributed by atoms with Crippen molar-refractivity contribution in [2.45, 2.75) is 44.7 Å². The van der Waals surface area contributed by atoms with E-state index in [0.717, 1.165) is 18.2 Å². The van der Waals surface area contributed by atoms with Crippen molar-refractivity contribution in [2.75, 3.05) is 10.6 Å². The molecule has 2 aromatic rings. The van der Waals surface area contributed by atoms with Crippen molar-refractivity contribution >= 4 is 11.6 Å². The van der Waals surface area contributed by atoms with Crippen molar-refractivity contribution < 1.29 is 0 Å². The molecule has 0 spiro atoms. The van der Waals surface area contributed by atoms with Gasteiger partial charge in [-0.05, 0) is 30.5 Å². The molecule has 0 atom stereocenters. The third kappa shape index (κ3) is 4.15. The third-order valence-electron chi connectivity index (χ3n) is 3.85. The predicted octanol–water partition coefficient (Wildman–Crippen LogP) is 3.23. The molecule has 110 valence electrons. The van der Waals surface area contributed by atoms with Crippen molar-refractivity contribution in [3.05, 3.63) is 42.5 Å². The summed E-state index contributed by atoms with van der Waals surface area (Å²) in [7, 11) is 0. The van der Waals surface area contributed by atoms with E-state index in [-0.39, 0.29) is 0 Å². The first-order chi connectivity index (χ1) is 10.4. The Morgan fingerprint density at radius 1 is 1.00 bits per heavy atom. The zero-order chi connectivity index (χ0) is 14.3. The summed E-state index contributed by atoms with van der Waals surface area (Å²) in [5.41, 5.74) is 1.19. The van der Waals surface area contributed by atoms with Crippen LogP contribution in [0.4, 0.5) is 11.6 Å². The van der Waals surface area contributed by atoms with Crippen LogP contribution in [0.25, 0.3) is 0 Å². The van der Waals surface area contributed by atoms with Gasteiger partial charge in [-0.15, -0.1) is 0 Å². The Hall–Kier alpha value is -2.17. The average molecular weight is 283 g/mol. The van der Waals surface area contributed by atoms with Crippen molar-refractivity contribution in [3.8, 4) is 0 Å². The van der Waals surface area contributed by atoms with Gasteiger partial charge < -0.3 is 10.6 Å². The molecule has 0 amide bonds. The minimum atomic E-state index is 0.557. The van der Waals surface area contributed by atoms with E-state index in [1.165, 1.54) is 37.7 Å². The molecular formula is C16H21N5. The zero-order valence-corrected chi connectivity index (χ0v) is 12.1. The van der Waals surface area contributed by atoms with Gasteiger partial charge in [0.1, 0.15) is 18.0 Å². The van der Waals surface area contributed by atoms with Gasteiger partial charge >= 0.3 is 0 Å².